The fraction of sp³-hybridized carbons (Fsp3) is 0. The molecule has 5 heteroatoms. The van der Waals surface area contributed by atoms with E-state index in [0.29, 0.717) is 0 Å². The molecule has 1 aromatic carbocycles. The summed E-state index contributed by atoms with van der Waals surface area (Å²) in [6.07, 6.45) is 1.78. The van der Waals surface area contributed by atoms with Crippen LogP contribution < -0.4 is 5.73 Å². The normalized spacial score (nSPS) is 11.4. The molecular weight excluding hydrogens is 256 g/mol. The van der Waals surface area contributed by atoms with Crippen molar-refractivity contribution in [1.29, 1.82) is 0 Å². The van der Waals surface area contributed by atoms with E-state index in [0.717, 1.165) is 37.6 Å². The van der Waals surface area contributed by atoms with Gasteiger partial charge in [-0.2, -0.15) is 0 Å². The van der Waals surface area contributed by atoms with Crippen LogP contribution in [0.5, 0.6) is 0 Å². The Bertz CT molecular complexity index is 858. The summed E-state index contributed by atoms with van der Waals surface area (Å²) < 4.78 is 0. The van der Waals surface area contributed by atoms with Gasteiger partial charge in [0.25, 0.3) is 0 Å². The number of H-pyrrole nitrogens is 1. The zero-order chi connectivity index (χ0) is 12.8. The summed E-state index contributed by atoms with van der Waals surface area (Å²) in [5, 5.41) is 0.989. The van der Waals surface area contributed by atoms with Crippen LogP contribution in [0.2, 0.25) is 0 Å². The molecule has 0 radical (unpaired) electrons. The number of nitrogens with two attached hydrogens (primary N) is 1. The predicted octanol–water partition coefficient (Wildman–Crippen LogP) is 3.42. The van der Waals surface area contributed by atoms with Crippen LogP contribution in [-0.4, -0.2) is 15.0 Å². The van der Waals surface area contributed by atoms with Crippen molar-refractivity contribution in [3.8, 4) is 10.7 Å². The number of aromatic amines is 1. The third kappa shape index (κ3) is 1.52. The highest BCUT2D eigenvalue weighted by atomic mass is 32.1. The summed E-state index contributed by atoms with van der Waals surface area (Å²) in [6, 6.07) is 11.8. The van der Waals surface area contributed by atoms with Crippen molar-refractivity contribution in [1.82, 2.24) is 15.0 Å². The highest BCUT2D eigenvalue weighted by Crippen LogP contribution is 2.38. The highest BCUT2D eigenvalue weighted by molar-refractivity contribution is 7.22. The number of nitrogens with one attached hydrogen (secondary N) is 1. The average molecular weight is 266 g/mol. The number of para-hydroxylation sites is 2. The molecule has 3 heterocycles. The molecular formula is C14H10N4S. The predicted molar refractivity (Wildman–Crippen MR) is 79.1 cm³/mol. The lowest BCUT2D eigenvalue weighted by Crippen LogP contribution is -1.86. The largest absolute Gasteiger partial charge is 0.397 e. The van der Waals surface area contributed by atoms with Crippen LogP contribution in [0, 0.1) is 0 Å². The minimum Gasteiger partial charge on any atom is -0.397 e. The van der Waals surface area contributed by atoms with Crippen molar-refractivity contribution >= 4 is 38.3 Å². The van der Waals surface area contributed by atoms with Gasteiger partial charge in [-0.1, -0.05) is 12.1 Å². The fourth-order valence-electron chi connectivity index (χ4n) is 2.19. The Morgan fingerprint density at radius 2 is 2.00 bits per heavy atom. The third-order valence-corrected chi connectivity index (χ3v) is 4.25. The number of hydrogen-bond donors (Lipinski definition) is 2. The van der Waals surface area contributed by atoms with E-state index < -0.39 is 0 Å². The number of hydrogen-bond acceptors (Lipinski definition) is 4. The van der Waals surface area contributed by atoms with Gasteiger partial charge in [0.1, 0.15) is 4.83 Å². The van der Waals surface area contributed by atoms with Gasteiger partial charge in [0, 0.05) is 11.6 Å². The van der Waals surface area contributed by atoms with Gasteiger partial charge in [-0.05, 0) is 24.3 Å². The van der Waals surface area contributed by atoms with Crippen LogP contribution in [0.25, 0.3) is 32.0 Å². The first-order valence-electron chi connectivity index (χ1n) is 5.91. The smallest absolute Gasteiger partial charge is 0.150 e. The molecule has 0 atom stereocenters. The fourth-order valence-corrected chi connectivity index (χ4v) is 3.20. The molecule has 0 aliphatic carbocycles. The standard InChI is InChI=1S/C14H10N4S/c15-11-8-4-3-7-16-14(8)19-12(11)13-17-9-5-1-2-6-10(9)18-13/h1-7H,15H2,(H,17,18). The minimum atomic E-state index is 0.743. The van der Waals surface area contributed by atoms with E-state index in [1.54, 1.807) is 17.5 Å². The number of thiophene rings is 1. The zero-order valence-electron chi connectivity index (χ0n) is 9.92. The SMILES string of the molecule is Nc1c(-c2nc3ccccc3[nH]2)sc2ncccc12. The van der Waals surface area contributed by atoms with Crippen LogP contribution in [0.4, 0.5) is 5.69 Å². The van der Waals surface area contributed by atoms with Crippen molar-refractivity contribution in [3.05, 3.63) is 42.6 Å². The van der Waals surface area contributed by atoms with Gasteiger partial charge in [-0.3, -0.25) is 0 Å². The molecule has 0 saturated carbocycles. The average Bonchev–Trinajstić information content (AvgIpc) is 3.00. The molecule has 4 rings (SSSR count). The summed E-state index contributed by atoms with van der Waals surface area (Å²) >= 11 is 1.56. The number of imidazole rings is 1. The summed E-state index contributed by atoms with van der Waals surface area (Å²) in [4.78, 5) is 14.1. The van der Waals surface area contributed by atoms with E-state index in [2.05, 4.69) is 15.0 Å². The first-order chi connectivity index (χ1) is 9.33. The summed E-state index contributed by atoms with van der Waals surface area (Å²) in [5.74, 6) is 0.807. The molecule has 0 unspecified atom stereocenters. The van der Waals surface area contributed by atoms with Crippen molar-refractivity contribution in [2.24, 2.45) is 0 Å². The Hall–Kier alpha value is -2.40. The maximum Gasteiger partial charge on any atom is 0.150 e. The zero-order valence-corrected chi connectivity index (χ0v) is 10.7. The van der Waals surface area contributed by atoms with Gasteiger partial charge in [0.15, 0.2) is 5.82 Å². The van der Waals surface area contributed by atoms with E-state index in [1.165, 1.54) is 0 Å². The van der Waals surface area contributed by atoms with Crippen molar-refractivity contribution in [2.45, 2.75) is 0 Å². The Kier molecular flexibility index (Phi) is 2.10. The van der Waals surface area contributed by atoms with Gasteiger partial charge >= 0.3 is 0 Å². The molecule has 4 nitrogen and oxygen atoms in total. The number of nitrogens with zero attached hydrogens (tertiary/aromatic N) is 2. The molecule has 3 N–H and O–H groups in total. The number of rotatable bonds is 1. The van der Waals surface area contributed by atoms with E-state index >= 15 is 0 Å². The van der Waals surface area contributed by atoms with Crippen LogP contribution in [0.15, 0.2) is 42.6 Å². The number of benzene rings is 1. The molecule has 0 aliphatic heterocycles. The quantitative estimate of drug-likeness (QED) is 0.554. The summed E-state index contributed by atoms with van der Waals surface area (Å²) in [5.41, 5.74) is 8.91. The molecule has 3 aromatic heterocycles. The van der Waals surface area contributed by atoms with Gasteiger partial charge in [0.2, 0.25) is 0 Å². The van der Waals surface area contributed by atoms with E-state index in [-0.39, 0.29) is 0 Å². The van der Waals surface area contributed by atoms with Gasteiger partial charge < -0.3 is 10.7 Å². The molecule has 0 bridgehead atoms. The molecule has 4 aromatic rings. The van der Waals surface area contributed by atoms with Gasteiger partial charge in [-0.25, -0.2) is 9.97 Å². The monoisotopic (exact) mass is 266 g/mol. The first-order valence-corrected chi connectivity index (χ1v) is 6.73. The van der Waals surface area contributed by atoms with Crippen molar-refractivity contribution in [3.63, 3.8) is 0 Å². The molecule has 19 heavy (non-hydrogen) atoms. The van der Waals surface area contributed by atoms with Crippen LogP contribution in [-0.2, 0) is 0 Å². The minimum absolute atomic E-state index is 0.743. The van der Waals surface area contributed by atoms with E-state index in [1.807, 2.05) is 36.4 Å². The lowest BCUT2D eigenvalue weighted by molar-refractivity contribution is 1.36. The summed E-state index contributed by atoms with van der Waals surface area (Å²) in [6.45, 7) is 0. The second kappa shape index (κ2) is 3.80. The Labute approximate surface area is 112 Å². The number of pyridine rings is 1. The highest BCUT2D eigenvalue weighted by Gasteiger charge is 2.14. The molecule has 0 amide bonds. The second-order valence-electron chi connectivity index (χ2n) is 4.30. The van der Waals surface area contributed by atoms with Crippen molar-refractivity contribution < 1.29 is 0 Å². The molecule has 0 aliphatic rings. The van der Waals surface area contributed by atoms with E-state index in [4.69, 9.17) is 5.73 Å². The number of nitrogen functional groups attached to an aromatic ring is 1. The Balaban J connectivity index is 2.01. The Morgan fingerprint density at radius 1 is 1.11 bits per heavy atom. The van der Waals surface area contributed by atoms with Crippen LogP contribution >= 0.6 is 11.3 Å². The summed E-state index contributed by atoms with van der Waals surface area (Å²) in [7, 11) is 0. The lowest BCUT2D eigenvalue weighted by Gasteiger charge is -1.93. The topological polar surface area (TPSA) is 67.6 Å². The lowest BCUT2D eigenvalue weighted by atomic mass is 10.2. The third-order valence-electron chi connectivity index (χ3n) is 3.11. The number of fused-ring (bicyclic) bond motifs is 2. The van der Waals surface area contributed by atoms with Crippen molar-refractivity contribution in [2.75, 3.05) is 5.73 Å². The molecule has 0 saturated heterocycles. The maximum atomic E-state index is 6.20. The van der Waals surface area contributed by atoms with E-state index in [9.17, 15) is 0 Å². The second-order valence-corrected chi connectivity index (χ2v) is 5.30. The molecule has 92 valence electrons. The van der Waals surface area contributed by atoms with Crippen LogP contribution in [0.3, 0.4) is 0 Å². The van der Waals surface area contributed by atoms with Gasteiger partial charge in [-0.15, -0.1) is 11.3 Å². The Morgan fingerprint density at radius 3 is 2.84 bits per heavy atom. The molecule has 0 fully saturated rings. The van der Waals surface area contributed by atoms with Crippen LogP contribution in [0.1, 0.15) is 0 Å². The van der Waals surface area contributed by atoms with Gasteiger partial charge in [0.05, 0.1) is 21.6 Å². The number of aromatic nitrogens is 3. The maximum absolute atomic E-state index is 6.20. The number of anilines is 1. The first kappa shape index (κ1) is 10.5. The molecule has 0 spiro atoms.